The van der Waals surface area contributed by atoms with E-state index >= 15 is 0 Å². The summed E-state index contributed by atoms with van der Waals surface area (Å²) in [4.78, 5) is 14.1. The molecule has 0 aliphatic carbocycles. The first-order chi connectivity index (χ1) is 11.3. The van der Waals surface area contributed by atoms with E-state index in [0.29, 0.717) is 19.4 Å². The van der Waals surface area contributed by atoms with Crippen molar-refractivity contribution in [3.05, 3.63) is 24.3 Å². The van der Waals surface area contributed by atoms with Gasteiger partial charge < -0.3 is 20.1 Å². The zero-order valence-corrected chi connectivity index (χ0v) is 13.8. The van der Waals surface area contributed by atoms with E-state index in [2.05, 4.69) is 15.5 Å². The molecule has 23 heavy (non-hydrogen) atoms. The summed E-state index contributed by atoms with van der Waals surface area (Å²) >= 11 is 0. The second-order valence-electron chi connectivity index (χ2n) is 5.57. The molecule has 0 unspecified atom stereocenters. The minimum absolute atomic E-state index is 0.0958. The molecule has 1 fully saturated rings. The highest BCUT2D eigenvalue weighted by Gasteiger charge is 2.09. The van der Waals surface area contributed by atoms with Crippen LogP contribution >= 0.6 is 0 Å². The largest absolute Gasteiger partial charge is 0.497 e. The van der Waals surface area contributed by atoms with Gasteiger partial charge in [0.2, 0.25) is 5.91 Å². The first-order valence-electron chi connectivity index (χ1n) is 8.24. The Morgan fingerprint density at radius 1 is 1.22 bits per heavy atom. The molecule has 128 valence electrons. The second kappa shape index (κ2) is 10.1. The van der Waals surface area contributed by atoms with Crippen LogP contribution in [-0.2, 0) is 4.79 Å². The van der Waals surface area contributed by atoms with Crippen molar-refractivity contribution in [3.8, 4) is 11.5 Å². The van der Waals surface area contributed by atoms with Gasteiger partial charge in [-0.25, -0.2) is 0 Å². The van der Waals surface area contributed by atoms with Crippen molar-refractivity contribution in [1.82, 2.24) is 15.5 Å². The van der Waals surface area contributed by atoms with Crippen molar-refractivity contribution in [3.63, 3.8) is 0 Å². The molecular weight excluding hydrogens is 294 g/mol. The Morgan fingerprint density at radius 2 is 1.91 bits per heavy atom. The lowest BCUT2D eigenvalue weighted by Gasteiger charge is -2.27. The van der Waals surface area contributed by atoms with E-state index in [9.17, 15) is 4.79 Å². The molecule has 1 amide bonds. The van der Waals surface area contributed by atoms with Gasteiger partial charge in [0.15, 0.2) is 0 Å². The van der Waals surface area contributed by atoms with E-state index in [-0.39, 0.29) is 5.91 Å². The average molecular weight is 321 g/mol. The summed E-state index contributed by atoms with van der Waals surface area (Å²) in [6, 6.07) is 7.45. The van der Waals surface area contributed by atoms with Gasteiger partial charge in [-0.2, -0.15) is 0 Å². The summed E-state index contributed by atoms with van der Waals surface area (Å²) in [5.74, 6) is 1.70. The smallest absolute Gasteiger partial charge is 0.220 e. The highest BCUT2D eigenvalue weighted by atomic mass is 16.5. The van der Waals surface area contributed by atoms with Crippen molar-refractivity contribution in [2.24, 2.45) is 0 Å². The molecule has 2 rings (SSSR count). The van der Waals surface area contributed by atoms with Gasteiger partial charge in [0.05, 0.1) is 13.7 Å². The molecule has 2 N–H and O–H groups in total. The predicted molar refractivity (Wildman–Crippen MR) is 90.0 cm³/mol. The summed E-state index contributed by atoms with van der Waals surface area (Å²) in [6.07, 6.45) is 1.21. The third-order valence-electron chi connectivity index (χ3n) is 3.84. The SMILES string of the molecule is COc1ccc(OCCCC(=O)NCCN2CCNCC2)cc1. The Balaban J connectivity index is 1.50. The predicted octanol–water partition coefficient (Wildman–Crippen LogP) is 0.876. The lowest BCUT2D eigenvalue weighted by atomic mass is 10.3. The van der Waals surface area contributed by atoms with Crippen molar-refractivity contribution >= 4 is 5.91 Å². The Bertz CT molecular complexity index is 459. The van der Waals surface area contributed by atoms with Crippen LogP contribution in [0.25, 0.3) is 0 Å². The van der Waals surface area contributed by atoms with E-state index in [1.807, 2.05) is 24.3 Å². The Morgan fingerprint density at radius 3 is 2.61 bits per heavy atom. The zero-order chi connectivity index (χ0) is 16.3. The summed E-state index contributed by atoms with van der Waals surface area (Å²) < 4.78 is 10.7. The van der Waals surface area contributed by atoms with Crippen LogP contribution in [0.1, 0.15) is 12.8 Å². The minimum Gasteiger partial charge on any atom is -0.497 e. The van der Waals surface area contributed by atoms with E-state index < -0.39 is 0 Å². The van der Waals surface area contributed by atoms with Crippen LogP contribution in [0.5, 0.6) is 11.5 Å². The number of hydrogen-bond acceptors (Lipinski definition) is 5. The highest BCUT2D eigenvalue weighted by Crippen LogP contribution is 2.17. The van der Waals surface area contributed by atoms with Gasteiger partial charge in [-0.15, -0.1) is 0 Å². The fourth-order valence-electron chi connectivity index (χ4n) is 2.47. The van der Waals surface area contributed by atoms with Crippen molar-refractivity contribution in [2.45, 2.75) is 12.8 Å². The van der Waals surface area contributed by atoms with E-state index in [1.165, 1.54) is 0 Å². The fourth-order valence-corrected chi connectivity index (χ4v) is 2.47. The normalized spacial score (nSPS) is 15.2. The molecule has 1 aliphatic heterocycles. The van der Waals surface area contributed by atoms with Gasteiger partial charge in [-0.3, -0.25) is 9.69 Å². The van der Waals surface area contributed by atoms with Gasteiger partial charge in [-0.1, -0.05) is 0 Å². The van der Waals surface area contributed by atoms with Gasteiger partial charge in [0.1, 0.15) is 11.5 Å². The molecule has 1 heterocycles. The van der Waals surface area contributed by atoms with Crippen molar-refractivity contribution in [2.75, 3.05) is 53.0 Å². The summed E-state index contributed by atoms with van der Waals surface area (Å²) in [5, 5.41) is 6.29. The van der Waals surface area contributed by atoms with Gasteiger partial charge in [0.25, 0.3) is 0 Å². The molecule has 6 heteroatoms. The molecule has 0 bridgehead atoms. The number of nitrogens with zero attached hydrogens (tertiary/aromatic N) is 1. The maximum atomic E-state index is 11.8. The van der Waals surface area contributed by atoms with E-state index in [4.69, 9.17) is 9.47 Å². The van der Waals surface area contributed by atoms with Gasteiger partial charge >= 0.3 is 0 Å². The average Bonchev–Trinajstić information content (AvgIpc) is 2.60. The number of amides is 1. The molecule has 0 atom stereocenters. The standard InChI is InChI=1S/C17H27N3O3/c1-22-15-4-6-16(7-5-15)23-14-2-3-17(21)19-10-13-20-11-8-18-9-12-20/h4-7,18H,2-3,8-14H2,1H3,(H,19,21). The molecule has 6 nitrogen and oxygen atoms in total. The summed E-state index contributed by atoms with van der Waals surface area (Å²) in [7, 11) is 1.64. The molecular formula is C17H27N3O3. The number of benzene rings is 1. The van der Waals surface area contributed by atoms with E-state index in [0.717, 1.165) is 50.8 Å². The Hall–Kier alpha value is -1.79. The van der Waals surface area contributed by atoms with Crippen molar-refractivity contribution in [1.29, 1.82) is 0 Å². The third-order valence-corrected chi connectivity index (χ3v) is 3.84. The number of hydrogen-bond donors (Lipinski definition) is 2. The number of carbonyl (C=O) groups excluding carboxylic acids is 1. The van der Waals surface area contributed by atoms with Gasteiger partial charge in [0, 0.05) is 45.7 Å². The molecule has 0 saturated carbocycles. The third kappa shape index (κ3) is 6.88. The monoisotopic (exact) mass is 321 g/mol. The summed E-state index contributed by atoms with van der Waals surface area (Å²) in [6.45, 7) is 6.38. The van der Waals surface area contributed by atoms with Gasteiger partial charge in [-0.05, 0) is 30.7 Å². The molecule has 0 aromatic heterocycles. The number of ether oxygens (including phenoxy) is 2. The number of nitrogens with one attached hydrogen (secondary N) is 2. The van der Waals surface area contributed by atoms with Crippen molar-refractivity contribution < 1.29 is 14.3 Å². The topological polar surface area (TPSA) is 62.8 Å². The van der Waals surface area contributed by atoms with Crippen LogP contribution in [0, 0.1) is 0 Å². The van der Waals surface area contributed by atoms with E-state index in [1.54, 1.807) is 7.11 Å². The van der Waals surface area contributed by atoms with Crippen LogP contribution < -0.4 is 20.1 Å². The lowest BCUT2D eigenvalue weighted by Crippen LogP contribution is -2.46. The maximum Gasteiger partial charge on any atom is 0.220 e. The number of piperazine rings is 1. The van der Waals surface area contributed by atoms with Crippen LogP contribution in [-0.4, -0.2) is 63.8 Å². The van der Waals surface area contributed by atoms with Crippen LogP contribution in [0.4, 0.5) is 0 Å². The van der Waals surface area contributed by atoms with Crippen LogP contribution in [0.2, 0.25) is 0 Å². The highest BCUT2D eigenvalue weighted by molar-refractivity contribution is 5.75. The lowest BCUT2D eigenvalue weighted by molar-refractivity contribution is -0.121. The van der Waals surface area contributed by atoms with Crippen LogP contribution in [0.15, 0.2) is 24.3 Å². The minimum atomic E-state index is 0.0958. The first kappa shape index (κ1) is 17.6. The number of rotatable bonds is 9. The molecule has 1 aromatic carbocycles. The van der Waals surface area contributed by atoms with Crippen LogP contribution in [0.3, 0.4) is 0 Å². The first-order valence-corrected chi connectivity index (χ1v) is 8.24. The molecule has 1 aromatic rings. The molecule has 1 saturated heterocycles. The quantitative estimate of drug-likeness (QED) is 0.661. The molecule has 1 aliphatic rings. The maximum absolute atomic E-state index is 11.8. The fraction of sp³-hybridized carbons (Fsp3) is 0.588. The Labute approximate surface area is 138 Å². The zero-order valence-electron chi connectivity index (χ0n) is 13.8. The summed E-state index contributed by atoms with van der Waals surface area (Å²) in [5.41, 5.74) is 0. The molecule has 0 radical (unpaired) electrons. The second-order valence-corrected chi connectivity index (χ2v) is 5.57. The molecule has 0 spiro atoms. The number of carbonyl (C=O) groups is 1. The Kier molecular flexibility index (Phi) is 7.69. The number of methoxy groups -OCH3 is 1.